The maximum absolute atomic E-state index is 7.08. The average Bonchev–Trinajstić information content (AvgIpc) is 3.75. The largest absolute Gasteiger partial charge is 0.455 e. The number of fused-ring (bicyclic) bond motifs is 17. The molecule has 52 heavy (non-hydrogen) atoms. The van der Waals surface area contributed by atoms with E-state index in [1.807, 2.05) is 11.8 Å². The summed E-state index contributed by atoms with van der Waals surface area (Å²) in [5.74, 6) is 0. The summed E-state index contributed by atoms with van der Waals surface area (Å²) in [5.41, 5.74) is 15.7. The maximum Gasteiger partial charge on any atom is 0.143 e. The average molecular weight is 682 g/mol. The molecule has 2 aliphatic rings. The van der Waals surface area contributed by atoms with E-state index in [-0.39, 0.29) is 5.41 Å². The third kappa shape index (κ3) is 3.66. The van der Waals surface area contributed by atoms with E-state index in [1.165, 1.54) is 86.9 Å². The van der Waals surface area contributed by atoms with Crippen LogP contribution in [0.5, 0.6) is 0 Å². The number of para-hydroxylation sites is 2. The highest BCUT2D eigenvalue weighted by Gasteiger charge is 2.38. The van der Waals surface area contributed by atoms with Gasteiger partial charge < -0.3 is 8.98 Å². The van der Waals surface area contributed by atoms with Gasteiger partial charge in [0.25, 0.3) is 0 Å². The molecule has 0 fully saturated rings. The molecule has 1 aliphatic carbocycles. The molecular formula is C49H31NOS. The van der Waals surface area contributed by atoms with E-state index in [4.69, 9.17) is 4.42 Å². The van der Waals surface area contributed by atoms with E-state index in [0.29, 0.717) is 0 Å². The number of hydrogen-bond donors (Lipinski definition) is 0. The van der Waals surface area contributed by atoms with Gasteiger partial charge in [0.05, 0.1) is 11.0 Å². The fourth-order valence-electron chi connectivity index (χ4n) is 9.38. The summed E-state index contributed by atoms with van der Waals surface area (Å²) in [6.45, 7) is 4.74. The third-order valence-corrected chi connectivity index (χ3v) is 12.9. The van der Waals surface area contributed by atoms with Gasteiger partial charge in [0, 0.05) is 59.1 Å². The van der Waals surface area contributed by atoms with Crippen LogP contribution in [0.3, 0.4) is 0 Å². The summed E-state index contributed by atoms with van der Waals surface area (Å²) in [6.07, 6.45) is 0. The third-order valence-electron chi connectivity index (χ3n) is 11.8. The first kappa shape index (κ1) is 28.6. The van der Waals surface area contributed by atoms with Crippen LogP contribution in [0, 0.1) is 0 Å². The Balaban J connectivity index is 1.26. The van der Waals surface area contributed by atoms with Gasteiger partial charge in [-0.25, -0.2) is 0 Å². The van der Waals surface area contributed by atoms with Crippen LogP contribution in [0.15, 0.2) is 166 Å². The highest BCUT2D eigenvalue weighted by molar-refractivity contribution is 7.99. The Labute approximate surface area is 304 Å². The topological polar surface area (TPSA) is 18.1 Å². The molecule has 3 heteroatoms. The second-order valence-electron chi connectivity index (χ2n) is 14.8. The van der Waals surface area contributed by atoms with E-state index in [1.54, 1.807) is 0 Å². The van der Waals surface area contributed by atoms with Gasteiger partial charge in [0.2, 0.25) is 0 Å². The lowest BCUT2D eigenvalue weighted by Crippen LogP contribution is -2.15. The Bertz CT molecular complexity index is 3180. The fourth-order valence-corrected chi connectivity index (χ4v) is 10.5. The molecule has 0 spiro atoms. The van der Waals surface area contributed by atoms with Crippen LogP contribution in [0.4, 0.5) is 0 Å². The molecule has 2 nitrogen and oxygen atoms in total. The predicted molar refractivity (Wildman–Crippen MR) is 218 cm³/mol. The Morgan fingerprint density at radius 1 is 0.500 bits per heavy atom. The van der Waals surface area contributed by atoms with Crippen molar-refractivity contribution in [3.63, 3.8) is 0 Å². The lowest BCUT2D eigenvalue weighted by molar-refractivity contribution is 0.658. The van der Waals surface area contributed by atoms with Crippen molar-refractivity contribution in [3.05, 3.63) is 163 Å². The Hall–Kier alpha value is -6.03. The van der Waals surface area contributed by atoms with Crippen molar-refractivity contribution in [3.8, 4) is 39.1 Å². The molecule has 3 heterocycles. The molecule has 0 bridgehead atoms. The van der Waals surface area contributed by atoms with E-state index in [9.17, 15) is 0 Å². The highest BCUT2D eigenvalue weighted by atomic mass is 32.2. The molecule has 1 aliphatic heterocycles. The van der Waals surface area contributed by atoms with Crippen LogP contribution in [-0.4, -0.2) is 4.57 Å². The van der Waals surface area contributed by atoms with Crippen molar-refractivity contribution in [1.29, 1.82) is 0 Å². The number of aromatic nitrogens is 1. The molecule has 0 amide bonds. The van der Waals surface area contributed by atoms with Crippen LogP contribution in [0.2, 0.25) is 0 Å². The van der Waals surface area contributed by atoms with Crippen molar-refractivity contribution in [2.75, 3.05) is 0 Å². The fraction of sp³-hybridized carbons (Fsp3) is 0.0612. The molecule has 0 atom stereocenters. The zero-order valence-electron chi connectivity index (χ0n) is 28.7. The molecule has 0 radical (unpaired) electrons. The minimum atomic E-state index is -0.0992. The lowest BCUT2D eigenvalue weighted by atomic mass is 9.82. The van der Waals surface area contributed by atoms with Gasteiger partial charge in [0.15, 0.2) is 0 Å². The van der Waals surface area contributed by atoms with Gasteiger partial charge >= 0.3 is 0 Å². The molecule has 0 N–H and O–H groups in total. The van der Waals surface area contributed by atoms with Gasteiger partial charge in [-0.15, -0.1) is 0 Å². The number of benzene rings is 8. The van der Waals surface area contributed by atoms with Crippen molar-refractivity contribution in [2.24, 2.45) is 0 Å². The van der Waals surface area contributed by atoms with E-state index >= 15 is 0 Å². The minimum Gasteiger partial charge on any atom is -0.455 e. The van der Waals surface area contributed by atoms with Crippen LogP contribution in [0.25, 0.3) is 93.6 Å². The summed E-state index contributed by atoms with van der Waals surface area (Å²) in [5, 5.41) is 7.25. The number of rotatable bonds is 1. The molecule has 0 saturated carbocycles. The van der Waals surface area contributed by atoms with E-state index in [0.717, 1.165) is 27.6 Å². The second-order valence-corrected chi connectivity index (χ2v) is 15.9. The van der Waals surface area contributed by atoms with Gasteiger partial charge in [-0.2, -0.15) is 0 Å². The number of hydrogen-bond acceptors (Lipinski definition) is 2. The summed E-state index contributed by atoms with van der Waals surface area (Å²) in [6, 6.07) is 56.0. The standard InChI is InChI=1S/C49H31NOS/c1-49(2)38-18-10-8-16-31(38)35-26-37-44(27-39(35)49)52-43-23-22-41-46(33-17-9-11-19-40(33)50(41)30-14-4-3-5-15-30)47(43)34-21-20-32-36-24-28-12-6-7-13-29(28)25-42(36)51-48(32)45(34)37/h3-27H,1-2H3. The first-order chi connectivity index (χ1) is 25.5. The predicted octanol–water partition coefficient (Wildman–Crippen LogP) is 13.9. The monoisotopic (exact) mass is 681 g/mol. The first-order valence-electron chi connectivity index (χ1n) is 18.0. The summed E-state index contributed by atoms with van der Waals surface area (Å²) < 4.78 is 9.50. The smallest absolute Gasteiger partial charge is 0.143 e. The second kappa shape index (κ2) is 10.1. The van der Waals surface area contributed by atoms with E-state index < -0.39 is 0 Å². The van der Waals surface area contributed by atoms with Crippen molar-refractivity contribution >= 4 is 66.3 Å². The van der Waals surface area contributed by atoms with Crippen molar-refractivity contribution < 1.29 is 4.42 Å². The van der Waals surface area contributed by atoms with Gasteiger partial charge in [-0.3, -0.25) is 0 Å². The van der Waals surface area contributed by atoms with Crippen molar-refractivity contribution in [1.82, 2.24) is 4.57 Å². The quantitative estimate of drug-likeness (QED) is 0.172. The zero-order chi connectivity index (χ0) is 34.3. The van der Waals surface area contributed by atoms with Crippen LogP contribution in [-0.2, 0) is 5.41 Å². The molecule has 12 rings (SSSR count). The van der Waals surface area contributed by atoms with Gasteiger partial charge in [-0.05, 0) is 99.3 Å². The maximum atomic E-state index is 7.08. The zero-order valence-corrected chi connectivity index (χ0v) is 29.5. The van der Waals surface area contributed by atoms with Gasteiger partial charge in [0.1, 0.15) is 11.2 Å². The van der Waals surface area contributed by atoms with Crippen LogP contribution >= 0.6 is 11.8 Å². The Morgan fingerprint density at radius 3 is 2.15 bits per heavy atom. The van der Waals surface area contributed by atoms with E-state index in [2.05, 4.69) is 170 Å². The minimum absolute atomic E-state index is 0.0992. The Kier molecular flexibility index (Phi) is 5.54. The molecule has 244 valence electrons. The van der Waals surface area contributed by atoms with Gasteiger partial charge in [-0.1, -0.05) is 117 Å². The number of nitrogens with zero attached hydrogens (tertiary/aromatic N) is 1. The SMILES string of the molecule is CC1(C)c2ccccc2-c2cc3c(cc21)Sc1ccc2c(c1-c1ccc4c(oc5cc6ccccc6cc54)c1-3)c1ccccc1n2-c1ccccc1. The molecule has 0 saturated heterocycles. The molecule has 8 aromatic carbocycles. The summed E-state index contributed by atoms with van der Waals surface area (Å²) in [7, 11) is 0. The Morgan fingerprint density at radius 2 is 1.27 bits per heavy atom. The molecule has 2 aromatic heterocycles. The normalized spacial score (nSPS) is 14.0. The molecule has 10 aromatic rings. The first-order valence-corrected chi connectivity index (χ1v) is 18.8. The van der Waals surface area contributed by atoms with Crippen molar-refractivity contribution in [2.45, 2.75) is 29.1 Å². The summed E-state index contributed by atoms with van der Waals surface area (Å²) >= 11 is 1.90. The molecular weight excluding hydrogens is 651 g/mol. The highest BCUT2D eigenvalue weighted by Crippen LogP contribution is 2.58. The molecule has 0 unspecified atom stereocenters. The van der Waals surface area contributed by atoms with Crippen LogP contribution < -0.4 is 0 Å². The van der Waals surface area contributed by atoms with Crippen LogP contribution in [0.1, 0.15) is 25.0 Å². The lowest BCUT2D eigenvalue weighted by Gasteiger charge is -2.22. The summed E-state index contributed by atoms with van der Waals surface area (Å²) in [4.78, 5) is 2.53. The number of furan rings is 1.